The summed E-state index contributed by atoms with van der Waals surface area (Å²) in [5.74, 6) is -12.7. The Labute approximate surface area is 209 Å². The first-order valence-electron chi connectivity index (χ1n) is 11.1. The summed E-state index contributed by atoms with van der Waals surface area (Å²) in [5, 5.41) is 5.72. The molecule has 0 aliphatic carbocycles. The zero-order valence-electron chi connectivity index (χ0n) is 19.8. The van der Waals surface area contributed by atoms with Crippen LogP contribution < -0.4 is 21.1 Å². The molecule has 0 fully saturated rings. The van der Waals surface area contributed by atoms with E-state index in [1.807, 2.05) is 31.2 Å². The Balaban J connectivity index is 1.75. The lowest BCUT2D eigenvalue weighted by molar-refractivity contribution is 0.0547. The molecule has 0 aliphatic rings. The predicted molar refractivity (Wildman–Crippen MR) is 124 cm³/mol. The number of aryl methyl sites for hydroxylation is 1. The van der Waals surface area contributed by atoms with Gasteiger partial charge in [-0.05, 0) is 12.5 Å². The number of nitrogens with two attached hydrogens (primary N) is 1. The number of anilines is 2. The quantitative estimate of drug-likeness (QED) is 0.125. The lowest BCUT2D eigenvalue weighted by atomic mass is 10.1. The van der Waals surface area contributed by atoms with E-state index in [4.69, 9.17) is 19.9 Å². The van der Waals surface area contributed by atoms with E-state index < -0.39 is 40.8 Å². The molecule has 0 bridgehead atoms. The van der Waals surface area contributed by atoms with Gasteiger partial charge in [-0.15, -0.1) is 0 Å². The molecule has 0 aliphatic heterocycles. The van der Waals surface area contributed by atoms with E-state index >= 15 is 0 Å². The van der Waals surface area contributed by atoms with Gasteiger partial charge >= 0.3 is 6.01 Å². The third-order valence-electron chi connectivity index (χ3n) is 4.71. The van der Waals surface area contributed by atoms with Gasteiger partial charge in [-0.3, -0.25) is 0 Å². The van der Waals surface area contributed by atoms with Gasteiger partial charge in [-0.1, -0.05) is 29.8 Å². The lowest BCUT2D eigenvalue weighted by Crippen LogP contribution is -2.16. The van der Waals surface area contributed by atoms with Crippen LogP contribution in [-0.2, 0) is 16.0 Å². The van der Waals surface area contributed by atoms with Crippen LogP contribution in [0.1, 0.15) is 11.1 Å². The summed E-state index contributed by atoms with van der Waals surface area (Å²) in [6, 6.07) is 6.82. The van der Waals surface area contributed by atoms with Crippen molar-refractivity contribution in [3.8, 4) is 11.8 Å². The molecule has 3 rings (SSSR count). The summed E-state index contributed by atoms with van der Waals surface area (Å²) >= 11 is 0. The predicted octanol–water partition coefficient (Wildman–Crippen LogP) is 3.68. The zero-order chi connectivity index (χ0) is 26.8. The Bertz CT molecular complexity index is 1160. The van der Waals surface area contributed by atoms with Gasteiger partial charge < -0.3 is 30.6 Å². The Kier molecular flexibility index (Phi) is 10.3. The molecule has 0 unspecified atom stereocenters. The molecule has 0 amide bonds. The molecule has 0 saturated heterocycles. The van der Waals surface area contributed by atoms with Gasteiger partial charge in [-0.2, -0.15) is 23.7 Å². The second-order valence-electron chi connectivity index (χ2n) is 7.55. The zero-order valence-corrected chi connectivity index (χ0v) is 19.8. The van der Waals surface area contributed by atoms with E-state index in [0.717, 1.165) is 11.1 Å². The third-order valence-corrected chi connectivity index (χ3v) is 4.71. The molecule has 1 heterocycles. The topological polar surface area (TPSA) is 116 Å². The van der Waals surface area contributed by atoms with Crippen molar-refractivity contribution in [3.63, 3.8) is 0 Å². The van der Waals surface area contributed by atoms with E-state index in [9.17, 15) is 22.0 Å². The van der Waals surface area contributed by atoms with Crippen LogP contribution in [0.25, 0.3) is 0 Å². The summed E-state index contributed by atoms with van der Waals surface area (Å²) in [5.41, 5.74) is 7.25. The molecule has 9 nitrogen and oxygen atoms in total. The van der Waals surface area contributed by atoms with Crippen LogP contribution in [0.4, 0.5) is 33.8 Å². The molecule has 0 spiro atoms. The van der Waals surface area contributed by atoms with Crippen LogP contribution in [0.15, 0.2) is 24.3 Å². The van der Waals surface area contributed by atoms with Gasteiger partial charge in [-0.25, -0.2) is 13.2 Å². The molecular formula is C23H25F5N6O3. The first-order valence-corrected chi connectivity index (χ1v) is 11.1. The average Bonchev–Trinajstić information content (AvgIpc) is 2.90. The monoisotopic (exact) mass is 528 g/mol. The molecule has 200 valence electrons. The fraction of sp³-hybridized carbons (Fsp3) is 0.348. The van der Waals surface area contributed by atoms with Gasteiger partial charge in [0.05, 0.1) is 26.4 Å². The van der Waals surface area contributed by atoms with Crippen molar-refractivity contribution >= 4 is 11.9 Å². The number of nitrogens with zero attached hydrogens (tertiary/aromatic N) is 3. The number of ether oxygens (including phenoxy) is 3. The smallest absolute Gasteiger partial charge is 0.328 e. The summed E-state index contributed by atoms with van der Waals surface area (Å²) in [6.45, 7) is 4.11. The molecular weight excluding hydrogens is 503 g/mol. The highest BCUT2D eigenvalue weighted by Gasteiger charge is 2.28. The summed E-state index contributed by atoms with van der Waals surface area (Å²) < 4.78 is 84.2. The van der Waals surface area contributed by atoms with Crippen LogP contribution in [0.2, 0.25) is 0 Å². The van der Waals surface area contributed by atoms with Crippen molar-refractivity contribution in [2.24, 2.45) is 5.73 Å². The minimum atomic E-state index is -2.31. The van der Waals surface area contributed by atoms with Crippen LogP contribution in [0.5, 0.6) is 11.8 Å². The van der Waals surface area contributed by atoms with E-state index in [1.165, 1.54) is 0 Å². The van der Waals surface area contributed by atoms with E-state index in [0.29, 0.717) is 26.4 Å². The first-order chi connectivity index (χ1) is 17.8. The van der Waals surface area contributed by atoms with Crippen LogP contribution in [0.3, 0.4) is 0 Å². The van der Waals surface area contributed by atoms with Crippen molar-refractivity contribution in [2.75, 3.05) is 50.2 Å². The normalized spacial score (nSPS) is 11.0. The number of hydrogen-bond acceptors (Lipinski definition) is 9. The number of nitrogens with one attached hydrogen (secondary N) is 2. The maximum absolute atomic E-state index is 14.1. The fourth-order valence-corrected chi connectivity index (χ4v) is 2.85. The largest absolute Gasteiger partial charge is 0.418 e. The van der Waals surface area contributed by atoms with Crippen molar-refractivity contribution in [2.45, 2.75) is 13.5 Å². The van der Waals surface area contributed by atoms with E-state index in [-0.39, 0.29) is 31.6 Å². The molecule has 0 saturated carbocycles. The Morgan fingerprint density at radius 1 is 0.730 bits per heavy atom. The van der Waals surface area contributed by atoms with Gasteiger partial charge in [0, 0.05) is 19.6 Å². The number of benzene rings is 2. The standard InChI is InChI=1S/C23H25F5N6O3/c1-13-2-4-14(5-3-13)12-31-22-32-21(30-7-9-36-11-10-35-8-6-29)33-23(34-22)37-20-18(27)16(25)15(24)17(26)19(20)28/h2-5H,6-12,29H2,1H3,(H2,30,31,32,33,34). The van der Waals surface area contributed by atoms with Crippen LogP contribution in [-0.4, -0.2) is 54.5 Å². The Hall–Kier alpha value is -3.62. The van der Waals surface area contributed by atoms with Gasteiger partial charge in [0.15, 0.2) is 0 Å². The Morgan fingerprint density at radius 2 is 1.30 bits per heavy atom. The van der Waals surface area contributed by atoms with E-state index in [2.05, 4.69) is 25.6 Å². The van der Waals surface area contributed by atoms with Crippen molar-refractivity contribution in [1.29, 1.82) is 0 Å². The van der Waals surface area contributed by atoms with Crippen molar-refractivity contribution in [3.05, 3.63) is 64.5 Å². The SMILES string of the molecule is Cc1ccc(CNc2nc(NCCOCCOCCN)nc(Oc3c(F)c(F)c(F)c(F)c3F)n2)cc1. The molecule has 1 aromatic heterocycles. The molecule has 3 aromatic rings. The number of halogens is 5. The molecule has 0 atom stereocenters. The highest BCUT2D eigenvalue weighted by atomic mass is 19.2. The number of hydrogen-bond donors (Lipinski definition) is 3. The molecule has 0 radical (unpaired) electrons. The molecule has 37 heavy (non-hydrogen) atoms. The highest BCUT2D eigenvalue weighted by Crippen LogP contribution is 2.32. The number of rotatable bonds is 14. The summed E-state index contributed by atoms with van der Waals surface area (Å²) in [6.07, 6.45) is 0. The molecule has 14 heteroatoms. The van der Waals surface area contributed by atoms with Crippen LogP contribution in [0, 0.1) is 36.0 Å². The average molecular weight is 528 g/mol. The lowest BCUT2D eigenvalue weighted by Gasteiger charge is -2.12. The minimum Gasteiger partial charge on any atom is -0.418 e. The summed E-state index contributed by atoms with van der Waals surface area (Å²) in [7, 11) is 0. The number of aromatic nitrogens is 3. The third kappa shape index (κ3) is 7.93. The molecule has 4 N–H and O–H groups in total. The van der Waals surface area contributed by atoms with Crippen molar-refractivity contribution < 1.29 is 36.2 Å². The Morgan fingerprint density at radius 3 is 1.92 bits per heavy atom. The first kappa shape index (κ1) is 28.0. The van der Waals surface area contributed by atoms with Gasteiger partial charge in [0.1, 0.15) is 0 Å². The highest BCUT2D eigenvalue weighted by molar-refractivity contribution is 5.39. The van der Waals surface area contributed by atoms with Crippen LogP contribution >= 0.6 is 0 Å². The molecule has 2 aromatic carbocycles. The maximum Gasteiger partial charge on any atom is 0.328 e. The summed E-state index contributed by atoms with van der Waals surface area (Å²) in [4.78, 5) is 11.9. The second-order valence-corrected chi connectivity index (χ2v) is 7.55. The second kappa shape index (κ2) is 13.6. The maximum atomic E-state index is 14.1. The van der Waals surface area contributed by atoms with E-state index in [1.54, 1.807) is 0 Å². The minimum absolute atomic E-state index is 0.0759. The van der Waals surface area contributed by atoms with Gasteiger partial charge in [0.2, 0.25) is 46.7 Å². The van der Waals surface area contributed by atoms with Crippen molar-refractivity contribution in [1.82, 2.24) is 15.0 Å². The fourth-order valence-electron chi connectivity index (χ4n) is 2.85. The van der Waals surface area contributed by atoms with Gasteiger partial charge in [0.25, 0.3) is 0 Å².